The highest BCUT2D eigenvalue weighted by molar-refractivity contribution is 5.93. The molecule has 2 fully saturated rings. The maximum atomic E-state index is 12.6. The molecule has 1 aliphatic heterocycles. The lowest BCUT2D eigenvalue weighted by atomic mass is 9.81. The van der Waals surface area contributed by atoms with Crippen LogP contribution in [0.3, 0.4) is 0 Å². The molecule has 3 rings (SSSR count). The van der Waals surface area contributed by atoms with E-state index in [0.29, 0.717) is 6.54 Å². The first-order chi connectivity index (χ1) is 13.5. The van der Waals surface area contributed by atoms with E-state index in [1.807, 2.05) is 25.1 Å². The number of amides is 2. The van der Waals surface area contributed by atoms with Crippen LogP contribution in [0.5, 0.6) is 0 Å². The number of carbonyl (C=O) groups excluding carboxylic acids is 2. The van der Waals surface area contributed by atoms with Crippen molar-refractivity contribution in [2.24, 2.45) is 11.8 Å². The Hall–Kier alpha value is -1.92. The summed E-state index contributed by atoms with van der Waals surface area (Å²) in [5.74, 6) is 0.255. The van der Waals surface area contributed by atoms with Crippen LogP contribution in [0.25, 0.3) is 0 Å². The van der Waals surface area contributed by atoms with E-state index < -0.39 is 0 Å². The van der Waals surface area contributed by atoms with Crippen molar-refractivity contribution >= 4 is 17.5 Å². The summed E-state index contributed by atoms with van der Waals surface area (Å²) in [6.07, 6.45) is 3.12. The summed E-state index contributed by atoms with van der Waals surface area (Å²) in [4.78, 5) is 27.3. The lowest BCUT2D eigenvalue weighted by Gasteiger charge is -2.28. The van der Waals surface area contributed by atoms with E-state index in [9.17, 15) is 9.59 Å². The highest BCUT2D eigenvalue weighted by atomic mass is 16.5. The fourth-order valence-electron chi connectivity index (χ4n) is 3.99. The molecule has 2 N–H and O–H groups in total. The molecule has 0 bridgehead atoms. The van der Waals surface area contributed by atoms with Crippen molar-refractivity contribution in [2.75, 3.05) is 44.7 Å². The standard InChI is InChI=1S/C22H33N3O3/c1-16-3-8-20(15-17(16)2)24-22(27)19-6-4-18(5-7-19)21(26)23-9-10-25-11-13-28-14-12-25/h3,8,15,18-19H,4-7,9-14H2,1-2H3,(H,23,26)(H,24,27). The number of nitrogens with one attached hydrogen (secondary N) is 2. The molecule has 0 atom stereocenters. The molecule has 1 saturated carbocycles. The Morgan fingerprint density at radius 3 is 2.29 bits per heavy atom. The molecule has 1 aliphatic carbocycles. The molecule has 2 amide bonds. The first kappa shape index (κ1) is 20.8. The van der Waals surface area contributed by atoms with E-state index in [0.717, 1.165) is 64.2 Å². The van der Waals surface area contributed by atoms with E-state index in [1.54, 1.807) is 0 Å². The third-order valence-corrected chi connectivity index (χ3v) is 6.07. The van der Waals surface area contributed by atoms with Gasteiger partial charge in [0.25, 0.3) is 0 Å². The fourth-order valence-corrected chi connectivity index (χ4v) is 3.99. The molecule has 6 heteroatoms. The third-order valence-electron chi connectivity index (χ3n) is 6.07. The van der Waals surface area contributed by atoms with Crippen LogP contribution in [0.15, 0.2) is 18.2 Å². The smallest absolute Gasteiger partial charge is 0.227 e. The van der Waals surface area contributed by atoms with Crippen LogP contribution < -0.4 is 10.6 Å². The van der Waals surface area contributed by atoms with Crippen molar-refractivity contribution in [1.82, 2.24) is 10.2 Å². The number of ether oxygens (including phenoxy) is 1. The third kappa shape index (κ3) is 5.79. The van der Waals surface area contributed by atoms with E-state index in [1.165, 1.54) is 11.1 Å². The first-order valence-corrected chi connectivity index (χ1v) is 10.5. The highest BCUT2D eigenvalue weighted by Crippen LogP contribution is 2.30. The number of benzene rings is 1. The van der Waals surface area contributed by atoms with Crippen molar-refractivity contribution in [3.05, 3.63) is 29.3 Å². The predicted molar refractivity (Wildman–Crippen MR) is 110 cm³/mol. The highest BCUT2D eigenvalue weighted by Gasteiger charge is 2.30. The van der Waals surface area contributed by atoms with Crippen molar-refractivity contribution in [3.8, 4) is 0 Å². The Balaban J connectivity index is 1.37. The molecule has 0 radical (unpaired) electrons. The minimum atomic E-state index is -0.000917. The van der Waals surface area contributed by atoms with Gasteiger partial charge < -0.3 is 15.4 Å². The first-order valence-electron chi connectivity index (χ1n) is 10.5. The molecule has 28 heavy (non-hydrogen) atoms. The molecule has 1 aromatic carbocycles. The molecule has 0 unspecified atom stereocenters. The SMILES string of the molecule is Cc1ccc(NC(=O)C2CCC(C(=O)NCCN3CCOCC3)CC2)cc1C. The molecule has 0 spiro atoms. The summed E-state index contributed by atoms with van der Waals surface area (Å²) in [5.41, 5.74) is 3.25. The lowest BCUT2D eigenvalue weighted by molar-refractivity contribution is -0.128. The molecule has 1 aromatic rings. The summed E-state index contributed by atoms with van der Waals surface area (Å²) in [6.45, 7) is 9.12. The minimum Gasteiger partial charge on any atom is -0.379 e. The number of carbonyl (C=O) groups is 2. The van der Waals surface area contributed by atoms with Gasteiger partial charge in [-0.05, 0) is 62.8 Å². The Kier molecular flexibility index (Phi) is 7.45. The molecule has 1 heterocycles. The van der Waals surface area contributed by atoms with Crippen LogP contribution in [-0.4, -0.2) is 56.1 Å². The Bertz CT molecular complexity index is 678. The predicted octanol–water partition coefficient (Wildman–Crippen LogP) is 2.50. The van der Waals surface area contributed by atoms with Gasteiger partial charge in [-0.15, -0.1) is 0 Å². The van der Waals surface area contributed by atoms with Gasteiger partial charge in [-0.25, -0.2) is 0 Å². The maximum Gasteiger partial charge on any atom is 0.227 e. The zero-order chi connectivity index (χ0) is 19.9. The van der Waals surface area contributed by atoms with Gasteiger partial charge in [-0.3, -0.25) is 14.5 Å². The molecule has 0 aromatic heterocycles. The average Bonchev–Trinajstić information content (AvgIpc) is 2.71. The summed E-state index contributed by atoms with van der Waals surface area (Å²) in [5, 5.41) is 6.11. The number of nitrogens with zero attached hydrogens (tertiary/aromatic N) is 1. The van der Waals surface area contributed by atoms with E-state index in [2.05, 4.69) is 22.5 Å². The van der Waals surface area contributed by atoms with Crippen molar-refractivity contribution in [3.63, 3.8) is 0 Å². The molecule has 154 valence electrons. The van der Waals surface area contributed by atoms with Gasteiger partial charge in [0.1, 0.15) is 0 Å². The largest absolute Gasteiger partial charge is 0.379 e. The van der Waals surface area contributed by atoms with Crippen molar-refractivity contribution in [1.29, 1.82) is 0 Å². The summed E-state index contributed by atoms with van der Waals surface area (Å²) < 4.78 is 5.34. The average molecular weight is 388 g/mol. The second kappa shape index (κ2) is 10.0. The zero-order valence-electron chi connectivity index (χ0n) is 17.1. The maximum absolute atomic E-state index is 12.6. The summed E-state index contributed by atoms with van der Waals surface area (Å²) in [6, 6.07) is 6.00. The number of aryl methyl sites for hydroxylation is 2. The van der Waals surface area contributed by atoms with Gasteiger partial charge in [0.05, 0.1) is 13.2 Å². The Labute approximate surface area is 168 Å². The van der Waals surface area contributed by atoms with Crippen LogP contribution >= 0.6 is 0 Å². The molecule has 1 saturated heterocycles. The quantitative estimate of drug-likeness (QED) is 0.787. The summed E-state index contributed by atoms with van der Waals surface area (Å²) >= 11 is 0. The van der Waals surface area contributed by atoms with Crippen LogP contribution in [0.2, 0.25) is 0 Å². The molecule has 6 nitrogen and oxygen atoms in total. The zero-order valence-corrected chi connectivity index (χ0v) is 17.1. The van der Waals surface area contributed by atoms with E-state index >= 15 is 0 Å². The number of morpholine rings is 1. The van der Waals surface area contributed by atoms with Gasteiger partial charge >= 0.3 is 0 Å². The minimum absolute atomic E-state index is 0.000917. The van der Waals surface area contributed by atoms with Crippen LogP contribution in [-0.2, 0) is 14.3 Å². The Morgan fingerprint density at radius 2 is 1.64 bits per heavy atom. The van der Waals surface area contributed by atoms with Gasteiger partial charge in [0.2, 0.25) is 11.8 Å². The molecule has 2 aliphatic rings. The lowest BCUT2D eigenvalue weighted by Crippen LogP contribution is -2.43. The number of hydrogen-bond acceptors (Lipinski definition) is 4. The van der Waals surface area contributed by atoms with Crippen LogP contribution in [0.4, 0.5) is 5.69 Å². The van der Waals surface area contributed by atoms with Crippen LogP contribution in [0, 0.1) is 25.7 Å². The Morgan fingerprint density at radius 1 is 1.00 bits per heavy atom. The number of rotatable bonds is 6. The number of anilines is 1. The summed E-state index contributed by atoms with van der Waals surface area (Å²) in [7, 11) is 0. The van der Waals surface area contributed by atoms with Gasteiger partial charge in [0.15, 0.2) is 0 Å². The molecular formula is C22H33N3O3. The second-order valence-electron chi connectivity index (χ2n) is 8.08. The fraction of sp³-hybridized carbons (Fsp3) is 0.636. The monoisotopic (exact) mass is 387 g/mol. The van der Waals surface area contributed by atoms with Gasteiger partial charge in [-0.1, -0.05) is 6.07 Å². The van der Waals surface area contributed by atoms with Gasteiger partial charge in [-0.2, -0.15) is 0 Å². The topological polar surface area (TPSA) is 70.7 Å². The van der Waals surface area contributed by atoms with Gasteiger partial charge in [0, 0.05) is 43.7 Å². The van der Waals surface area contributed by atoms with Crippen molar-refractivity contribution < 1.29 is 14.3 Å². The normalized spacial score (nSPS) is 23.2. The van der Waals surface area contributed by atoms with E-state index in [4.69, 9.17) is 4.74 Å². The van der Waals surface area contributed by atoms with Crippen LogP contribution in [0.1, 0.15) is 36.8 Å². The number of hydrogen-bond donors (Lipinski definition) is 2. The van der Waals surface area contributed by atoms with Crippen molar-refractivity contribution in [2.45, 2.75) is 39.5 Å². The molecular weight excluding hydrogens is 354 g/mol. The second-order valence-corrected chi connectivity index (χ2v) is 8.08. The van der Waals surface area contributed by atoms with E-state index in [-0.39, 0.29) is 23.7 Å².